The lowest BCUT2D eigenvalue weighted by Gasteiger charge is -2.68. The summed E-state index contributed by atoms with van der Waals surface area (Å²) in [5, 5.41) is 11.2. The minimum Gasteiger partial charge on any atom is -0.497 e. The van der Waals surface area contributed by atoms with Crippen molar-refractivity contribution < 1.29 is 14.6 Å². The van der Waals surface area contributed by atoms with E-state index < -0.39 is 0 Å². The van der Waals surface area contributed by atoms with Gasteiger partial charge in [0.25, 0.3) is 0 Å². The maximum Gasteiger partial charge on any atom is 0.124 e. The normalized spacial score (nSPS) is 37.4. The molecule has 172 valence electrons. The summed E-state index contributed by atoms with van der Waals surface area (Å²) < 4.78 is 12.8. The lowest BCUT2D eigenvalue weighted by molar-refractivity contribution is -0.234. The van der Waals surface area contributed by atoms with Gasteiger partial charge in [-0.15, -0.1) is 11.8 Å². The number of hydrogen-bond acceptors (Lipinski definition) is 4. The molecule has 1 heterocycles. The van der Waals surface area contributed by atoms with Crippen LogP contribution in [0.5, 0.6) is 11.5 Å². The van der Waals surface area contributed by atoms with Crippen LogP contribution >= 0.6 is 11.8 Å². The van der Waals surface area contributed by atoms with Crippen molar-refractivity contribution in [2.24, 2.45) is 22.7 Å². The number of benzene rings is 2. The van der Waals surface area contributed by atoms with Gasteiger partial charge in [0.05, 0.1) is 13.2 Å². The molecule has 2 fully saturated rings. The molecule has 5 rings (SSSR count). The Morgan fingerprint density at radius 3 is 2.50 bits per heavy atom. The van der Waals surface area contributed by atoms with Gasteiger partial charge in [0, 0.05) is 27.0 Å². The van der Waals surface area contributed by atoms with Crippen LogP contribution in [0.3, 0.4) is 0 Å². The minimum absolute atomic E-state index is 0.0762. The van der Waals surface area contributed by atoms with Gasteiger partial charge in [-0.25, -0.2) is 0 Å². The highest BCUT2D eigenvalue weighted by Crippen LogP contribution is 2.71. The van der Waals surface area contributed by atoms with Gasteiger partial charge in [-0.3, -0.25) is 0 Å². The Morgan fingerprint density at radius 2 is 1.78 bits per heavy atom. The third-order valence-electron chi connectivity index (χ3n) is 9.27. The van der Waals surface area contributed by atoms with Crippen LogP contribution in [-0.2, 0) is 0 Å². The summed E-state index contributed by atoms with van der Waals surface area (Å²) in [6.45, 7) is 9.40. The van der Waals surface area contributed by atoms with E-state index in [1.54, 1.807) is 7.11 Å². The van der Waals surface area contributed by atoms with Crippen LogP contribution in [0.1, 0.15) is 64.2 Å². The van der Waals surface area contributed by atoms with E-state index in [0.717, 1.165) is 37.2 Å². The standard InChI is InChI=1S/C28H36O3S/c1-18-11-14-23-26(2,3)24(29)15-16-28(23)27(18,4)25(32-20-9-7-6-8-10-20)21-17-19(30-5)12-13-22(21)31-28/h6-10,12-13,17-18,23-25,29H,11,14-16H2,1-5H3/t18-,23+,24+,25+,27-,28-/m0/s1. The van der Waals surface area contributed by atoms with Crippen LogP contribution in [-0.4, -0.2) is 23.9 Å². The zero-order valence-electron chi connectivity index (χ0n) is 19.9. The number of rotatable bonds is 3. The van der Waals surface area contributed by atoms with E-state index in [2.05, 4.69) is 70.2 Å². The van der Waals surface area contributed by atoms with Crippen LogP contribution in [0.4, 0.5) is 0 Å². The number of aliphatic hydroxyl groups excluding tert-OH is 1. The summed E-state index contributed by atoms with van der Waals surface area (Å²) >= 11 is 1.97. The minimum atomic E-state index is -0.290. The van der Waals surface area contributed by atoms with E-state index in [1.807, 2.05) is 17.8 Å². The molecule has 32 heavy (non-hydrogen) atoms. The fourth-order valence-electron chi connectivity index (χ4n) is 7.12. The van der Waals surface area contributed by atoms with Crippen LogP contribution in [0, 0.1) is 22.7 Å². The zero-order valence-corrected chi connectivity index (χ0v) is 20.7. The third-order valence-corrected chi connectivity index (χ3v) is 10.8. The first-order valence-electron chi connectivity index (χ1n) is 12.0. The molecule has 2 aromatic carbocycles. The molecule has 0 radical (unpaired) electrons. The second-order valence-corrected chi connectivity index (χ2v) is 12.1. The molecule has 2 aliphatic carbocycles. The summed E-state index contributed by atoms with van der Waals surface area (Å²) in [5.74, 6) is 2.69. The number of hydrogen-bond donors (Lipinski definition) is 1. The quantitative estimate of drug-likeness (QED) is 0.550. The maximum atomic E-state index is 11.0. The van der Waals surface area contributed by atoms with Gasteiger partial charge < -0.3 is 14.6 Å². The second-order valence-electron chi connectivity index (χ2n) is 10.9. The number of aliphatic hydroxyl groups is 1. The first kappa shape index (κ1) is 22.2. The summed E-state index contributed by atoms with van der Waals surface area (Å²) in [6, 6.07) is 17.1. The van der Waals surface area contributed by atoms with Crippen molar-refractivity contribution in [3.8, 4) is 11.5 Å². The highest BCUT2D eigenvalue weighted by Gasteiger charge is 2.70. The summed E-state index contributed by atoms with van der Waals surface area (Å²) in [4.78, 5) is 1.29. The Labute approximate surface area is 196 Å². The van der Waals surface area contributed by atoms with Crippen LogP contribution in [0.2, 0.25) is 0 Å². The van der Waals surface area contributed by atoms with E-state index in [-0.39, 0.29) is 27.8 Å². The molecule has 1 spiro atoms. The van der Waals surface area contributed by atoms with E-state index in [1.165, 1.54) is 10.5 Å². The van der Waals surface area contributed by atoms with E-state index in [0.29, 0.717) is 11.8 Å². The van der Waals surface area contributed by atoms with Gasteiger partial charge in [0.2, 0.25) is 0 Å². The van der Waals surface area contributed by atoms with Crippen molar-refractivity contribution >= 4 is 11.8 Å². The summed E-state index contributed by atoms with van der Waals surface area (Å²) in [6.07, 6.45) is 3.68. The Bertz CT molecular complexity index is 989. The summed E-state index contributed by atoms with van der Waals surface area (Å²) in [7, 11) is 1.73. The van der Waals surface area contributed by atoms with E-state index in [4.69, 9.17) is 9.47 Å². The molecule has 3 nitrogen and oxygen atoms in total. The van der Waals surface area contributed by atoms with Crippen molar-refractivity contribution in [3.63, 3.8) is 0 Å². The van der Waals surface area contributed by atoms with E-state index >= 15 is 0 Å². The van der Waals surface area contributed by atoms with E-state index in [9.17, 15) is 5.11 Å². The van der Waals surface area contributed by atoms with Gasteiger partial charge in [0.15, 0.2) is 0 Å². The fraction of sp³-hybridized carbons (Fsp3) is 0.571. The predicted molar refractivity (Wildman–Crippen MR) is 130 cm³/mol. The molecule has 2 saturated carbocycles. The Kier molecular flexibility index (Phi) is 5.33. The number of methoxy groups -OCH3 is 1. The average molecular weight is 453 g/mol. The first-order valence-corrected chi connectivity index (χ1v) is 12.9. The van der Waals surface area contributed by atoms with Gasteiger partial charge in [0.1, 0.15) is 17.1 Å². The molecular formula is C28H36O3S. The predicted octanol–water partition coefficient (Wildman–Crippen LogP) is 6.89. The monoisotopic (exact) mass is 452 g/mol. The van der Waals surface area contributed by atoms with Gasteiger partial charge >= 0.3 is 0 Å². The number of ether oxygens (including phenoxy) is 2. The molecule has 0 unspecified atom stereocenters. The molecule has 1 aliphatic heterocycles. The average Bonchev–Trinajstić information content (AvgIpc) is 2.79. The lowest BCUT2D eigenvalue weighted by atomic mass is 9.43. The number of thioether (sulfide) groups is 1. The van der Waals surface area contributed by atoms with Crippen LogP contribution < -0.4 is 9.47 Å². The molecule has 3 aliphatic rings. The topological polar surface area (TPSA) is 38.7 Å². The smallest absolute Gasteiger partial charge is 0.124 e. The Hall–Kier alpha value is -1.65. The fourth-order valence-corrected chi connectivity index (χ4v) is 8.69. The zero-order chi connectivity index (χ0) is 22.7. The van der Waals surface area contributed by atoms with Gasteiger partial charge in [-0.05, 0) is 67.3 Å². The molecule has 0 saturated heterocycles. The SMILES string of the molecule is COc1ccc2c(c1)[C@@H](Sc1ccccc1)[C@]1(C)[C@@H](C)CC[C@@H]3C(C)(C)[C@H](O)CC[C@]31O2. The highest BCUT2D eigenvalue weighted by molar-refractivity contribution is 7.99. The van der Waals surface area contributed by atoms with Crippen molar-refractivity contribution in [3.05, 3.63) is 54.1 Å². The molecule has 0 bridgehead atoms. The molecule has 4 heteroatoms. The van der Waals surface area contributed by atoms with Crippen molar-refractivity contribution in [1.29, 1.82) is 0 Å². The Morgan fingerprint density at radius 1 is 1.03 bits per heavy atom. The number of fused-ring (bicyclic) bond motifs is 1. The van der Waals surface area contributed by atoms with Crippen molar-refractivity contribution in [2.75, 3.05) is 7.11 Å². The van der Waals surface area contributed by atoms with Crippen LogP contribution in [0.15, 0.2) is 53.4 Å². The first-order chi connectivity index (χ1) is 15.2. The molecule has 2 aromatic rings. The molecule has 0 amide bonds. The third kappa shape index (κ3) is 2.98. The van der Waals surface area contributed by atoms with Crippen molar-refractivity contribution in [1.82, 2.24) is 0 Å². The second kappa shape index (κ2) is 7.70. The lowest BCUT2D eigenvalue weighted by Crippen LogP contribution is -2.70. The Balaban J connectivity index is 1.72. The summed E-state index contributed by atoms with van der Waals surface area (Å²) in [5.41, 5.74) is 0.697. The van der Waals surface area contributed by atoms with Gasteiger partial charge in [-0.1, -0.05) is 45.9 Å². The molecular weight excluding hydrogens is 416 g/mol. The molecule has 1 N–H and O–H groups in total. The molecule has 6 atom stereocenters. The highest BCUT2D eigenvalue weighted by atomic mass is 32.2. The van der Waals surface area contributed by atoms with Crippen molar-refractivity contribution in [2.45, 2.75) is 75.2 Å². The largest absolute Gasteiger partial charge is 0.497 e. The maximum absolute atomic E-state index is 11.0. The molecule has 0 aromatic heterocycles. The van der Waals surface area contributed by atoms with Gasteiger partial charge in [-0.2, -0.15) is 0 Å². The van der Waals surface area contributed by atoms with Crippen LogP contribution in [0.25, 0.3) is 0 Å².